The fraction of sp³-hybridized carbons (Fsp3) is 0.857. The molecular formula is C42H62O14. The fourth-order valence-electron chi connectivity index (χ4n) is 10.8. The molecule has 0 aromatic carbocycles. The first-order valence-electron chi connectivity index (χ1n) is 21.2. The molecule has 14 nitrogen and oxygen atoms in total. The van der Waals surface area contributed by atoms with Gasteiger partial charge in [0.15, 0.2) is 0 Å². The Morgan fingerprint density at radius 2 is 1.34 bits per heavy atom. The zero-order valence-corrected chi connectivity index (χ0v) is 32.7. The summed E-state index contributed by atoms with van der Waals surface area (Å²) < 4.78 is 51.3. The van der Waals surface area contributed by atoms with Gasteiger partial charge in [0.2, 0.25) is 0 Å². The maximum absolute atomic E-state index is 13.9. The summed E-state index contributed by atoms with van der Waals surface area (Å²) in [6.07, 6.45) is -5.21. The topological polar surface area (TPSA) is 189 Å². The van der Waals surface area contributed by atoms with Gasteiger partial charge in [-0.2, -0.15) is 0 Å². The van der Waals surface area contributed by atoms with Gasteiger partial charge in [0.05, 0.1) is 79.7 Å². The van der Waals surface area contributed by atoms with Crippen LogP contribution in [0.3, 0.4) is 0 Å². The number of aliphatic hydroxyl groups excluding tert-OH is 4. The van der Waals surface area contributed by atoms with E-state index in [-0.39, 0.29) is 74.3 Å². The molecule has 0 radical (unpaired) electrons. The van der Waals surface area contributed by atoms with Crippen LogP contribution in [0.4, 0.5) is 0 Å². The van der Waals surface area contributed by atoms with E-state index in [0.717, 1.165) is 30.4 Å². The molecule has 0 aromatic heterocycles. The van der Waals surface area contributed by atoms with Crippen LogP contribution in [-0.4, -0.2) is 149 Å². The highest BCUT2D eigenvalue weighted by molar-refractivity contribution is 5.79. The molecule has 8 fully saturated rings. The monoisotopic (exact) mass is 790 g/mol. The Labute approximate surface area is 329 Å². The van der Waals surface area contributed by atoms with E-state index in [1.807, 2.05) is 6.92 Å². The number of aliphatic hydroxyl groups is 4. The molecule has 4 N–H and O–H groups in total. The molecule has 0 aromatic rings. The first-order valence-corrected chi connectivity index (χ1v) is 21.2. The number of fused-ring (bicyclic) bond motifs is 8. The smallest absolute Gasteiger partial charge is 0.308 e. The second-order valence-corrected chi connectivity index (χ2v) is 17.9. The molecule has 8 aliphatic rings. The number of Topliss-reactive ketones (excluding diaryl/α,β-unsaturated/α-hetero) is 1. The minimum Gasteiger partial charge on any atom is -0.459 e. The number of hydrogen-bond donors (Lipinski definition) is 4. The van der Waals surface area contributed by atoms with Crippen LogP contribution in [0.15, 0.2) is 24.3 Å². The van der Waals surface area contributed by atoms with Crippen molar-refractivity contribution in [3.05, 3.63) is 24.3 Å². The van der Waals surface area contributed by atoms with Gasteiger partial charge in [-0.25, -0.2) is 0 Å². The summed E-state index contributed by atoms with van der Waals surface area (Å²) in [7, 11) is 0. The van der Waals surface area contributed by atoms with Gasteiger partial charge in [0.25, 0.3) is 0 Å². The van der Waals surface area contributed by atoms with E-state index in [0.29, 0.717) is 38.5 Å². The number of esters is 1. The lowest BCUT2D eigenvalue weighted by atomic mass is 9.79. The molecule has 8 aliphatic heterocycles. The first-order chi connectivity index (χ1) is 26.9. The molecule has 8 saturated heterocycles. The van der Waals surface area contributed by atoms with Crippen LogP contribution in [0, 0.1) is 11.8 Å². The predicted octanol–water partition coefficient (Wildman–Crippen LogP) is 2.38. The molecule has 56 heavy (non-hydrogen) atoms. The zero-order valence-electron chi connectivity index (χ0n) is 32.7. The Hall–Kier alpha value is -1.82. The van der Waals surface area contributed by atoms with Gasteiger partial charge in [-0.1, -0.05) is 27.0 Å². The number of rotatable bonds is 2. The fourth-order valence-corrected chi connectivity index (χ4v) is 10.8. The third-order valence-corrected chi connectivity index (χ3v) is 14.0. The number of ether oxygens (including phenoxy) is 8. The molecule has 14 heteroatoms. The van der Waals surface area contributed by atoms with E-state index < -0.39 is 91.4 Å². The molecule has 8 rings (SSSR count). The summed E-state index contributed by atoms with van der Waals surface area (Å²) in [5, 5.41) is 43.2. The standard InChI is InChI=1S/C42H62O14/c1-19-13-25-7-9-28-20(2)14-24(49-28)6-5-23(44)15-32-36(47)41-42(55-32)37(48)40-30(54-41)10-8-26(51-40)16-35(46)56-39-22(4)38-33(17-27(45)29(53-38)11-12-43)52-34(39)18-31(50-25)21(19)3/h19,22,24-34,36-43,45,47-48H,2-3,5-18H2,1,4H3/t19-,22+,24+,25+,26-,27-,28?,29-,30+,31?,32?,33+,34+,36+,37+,38+,39?,40+,41+,42+/m1/s1. The van der Waals surface area contributed by atoms with Gasteiger partial charge >= 0.3 is 5.97 Å². The second kappa shape index (κ2) is 17.0. The third-order valence-electron chi connectivity index (χ3n) is 14.0. The molecule has 314 valence electrons. The molecule has 4 unspecified atom stereocenters. The third kappa shape index (κ3) is 8.32. The summed E-state index contributed by atoms with van der Waals surface area (Å²) in [6.45, 7) is 12.7. The predicted molar refractivity (Wildman–Crippen MR) is 197 cm³/mol. The van der Waals surface area contributed by atoms with Crippen molar-refractivity contribution in [1.29, 1.82) is 0 Å². The summed E-state index contributed by atoms with van der Waals surface area (Å²) in [5.41, 5.74) is 1.97. The highest BCUT2D eigenvalue weighted by atomic mass is 16.6. The molecule has 0 saturated carbocycles. The molecule has 0 aliphatic carbocycles. The number of carbonyl (C=O) groups excluding carboxylic acids is 2. The van der Waals surface area contributed by atoms with Crippen molar-refractivity contribution in [3.63, 3.8) is 0 Å². The lowest BCUT2D eigenvalue weighted by Gasteiger charge is -2.51. The molecule has 0 amide bonds. The zero-order chi connectivity index (χ0) is 39.4. The normalized spacial score (nSPS) is 50.5. The Balaban J connectivity index is 1.03. The molecule has 8 bridgehead atoms. The summed E-state index contributed by atoms with van der Waals surface area (Å²) in [5.74, 6) is -0.665. The maximum Gasteiger partial charge on any atom is 0.308 e. The maximum atomic E-state index is 13.9. The van der Waals surface area contributed by atoms with Gasteiger partial charge < -0.3 is 58.3 Å². The van der Waals surface area contributed by atoms with Crippen molar-refractivity contribution in [2.75, 3.05) is 6.61 Å². The van der Waals surface area contributed by atoms with Crippen molar-refractivity contribution >= 4 is 11.8 Å². The van der Waals surface area contributed by atoms with Gasteiger partial charge in [-0.3, -0.25) is 9.59 Å². The van der Waals surface area contributed by atoms with Crippen molar-refractivity contribution in [2.45, 2.75) is 207 Å². The largest absolute Gasteiger partial charge is 0.459 e. The lowest BCUT2D eigenvalue weighted by Crippen LogP contribution is -2.62. The quantitative estimate of drug-likeness (QED) is 0.236. The van der Waals surface area contributed by atoms with Gasteiger partial charge in [0, 0.05) is 38.2 Å². The summed E-state index contributed by atoms with van der Waals surface area (Å²) in [6, 6.07) is 0. The van der Waals surface area contributed by atoms with Crippen LogP contribution in [0.25, 0.3) is 0 Å². The van der Waals surface area contributed by atoms with E-state index in [1.165, 1.54) is 0 Å². The molecule has 8 heterocycles. The SMILES string of the molecule is C=C1C[C@@H]2CCC(=O)CC3O[C@H]4[C@@H](O)[C@H]5O[C@H](CC[C@@H]5O[C@H]4[C@H]3O)CC(=O)OC3[C@H](CC4O[C@@H](CCC1O2)C[C@@H](C)C4=C)O[C@H]1C[C@@H](O)[C@@H](CCO)O[C@H]1[C@@H]3C. The van der Waals surface area contributed by atoms with Crippen LogP contribution >= 0.6 is 0 Å². The molecule has 20 atom stereocenters. The molecular weight excluding hydrogens is 728 g/mol. The van der Waals surface area contributed by atoms with Gasteiger partial charge in [0.1, 0.15) is 42.4 Å². The Morgan fingerprint density at radius 1 is 0.625 bits per heavy atom. The summed E-state index contributed by atoms with van der Waals surface area (Å²) in [4.78, 5) is 27.0. The van der Waals surface area contributed by atoms with Crippen LogP contribution in [0.5, 0.6) is 0 Å². The Morgan fingerprint density at radius 3 is 2.14 bits per heavy atom. The van der Waals surface area contributed by atoms with Crippen molar-refractivity contribution in [1.82, 2.24) is 0 Å². The van der Waals surface area contributed by atoms with Crippen LogP contribution in [-0.2, 0) is 47.5 Å². The van der Waals surface area contributed by atoms with E-state index in [1.54, 1.807) is 0 Å². The van der Waals surface area contributed by atoms with E-state index >= 15 is 0 Å². The molecule has 0 spiro atoms. The number of ketones is 1. The minimum atomic E-state index is -1.13. The van der Waals surface area contributed by atoms with Crippen LogP contribution < -0.4 is 0 Å². The van der Waals surface area contributed by atoms with Gasteiger partial charge in [-0.05, 0) is 68.4 Å². The van der Waals surface area contributed by atoms with E-state index in [9.17, 15) is 30.0 Å². The average molecular weight is 791 g/mol. The number of hydrogen-bond acceptors (Lipinski definition) is 14. The highest BCUT2D eigenvalue weighted by Crippen LogP contribution is 2.44. The summed E-state index contributed by atoms with van der Waals surface area (Å²) >= 11 is 0. The lowest BCUT2D eigenvalue weighted by molar-refractivity contribution is -0.275. The minimum absolute atomic E-state index is 0.00469. The van der Waals surface area contributed by atoms with E-state index in [2.05, 4.69) is 20.1 Å². The number of carbonyl (C=O) groups is 2. The highest BCUT2D eigenvalue weighted by Gasteiger charge is 2.57. The van der Waals surface area contributed by atoms with Crippen molar-refractivity contribution < 1.29 is 67.9 Å². The Bertz CT molecular complexity index is 1460. The van der Waals surface area contributed by atoms with Gasteiger partial charge in [-0.15, -0.1) is 0 Å². The van der Waals surface area contributed by atoms with Crippen LogP contribution in [0.2, 0.25) is 0 Å². The van der Waals surface area contributed by atoms with Crippen molar-refractivity contribution in [2.24, 2.45) is 11.8 Å². The van der Waals surface area contributed by atoms with Crippen molar-refractivity contribution in [3.8, 4) is 0 Å². The first kappa shape index (κ1) is 40.9. The second-order valence-electron chi connectivity index (χ2n) is 17.9. The van der Waals surface area contributed by atoms with E-state index in [4.69, 9.17) is 37.9 Å². The average Bonchev–Trinajstić information content (AvgIpc) is 3.68. The Kier molecular flexibility index (Phi) is 12.5. The van der Waals surface area contributed by atoms with Crippen LogP contribution in [0.1, 0.15) is 97.3 Å².